The highest BCUT2D eigenvalue weighted by Crippen LogP contribution is 2.14. The minimum absolute atomic E-state index is 0.287. The Bertz CT molecular complexity index is 201. The topological polar surface area (TPSA) is 29.3 Å². The lowest BCUT2D eigenvalue weighted by Crippen LogP contribution is -2.14. The van der Waals surface area contributed by atoms with Gasteiger partial charge in [0, 0.05) is 24.7 Å². The lowest BCUT2D eigenvalue weighted by Gasteiger charge is -2.04. The largest absolute Gasteiger partial charge is 0.461 e. The van der Waals surface area contributed by atoms with E-state index in [9.17, 15) is 4.79 Å². The molecule has 1 fully saturated rings. The molecular formula is C9H15NO2. The molecule has 0 N–H and O–H groups in total. The zero-order valence-electron chi connectivity index (χ0n) is 7.67. The summed E-state index contributed by atoms with van der Waals surface area (Å²) < 4.78 is 4.92. The minimum atomic E-state index is -0.287. The number of carbonyl (C=O) groups excluding carboxylic acids is 1. The van der Waals surface area contributed by atoms with Crippen LogP contribution in [-0.4, -0.2) is 36.6 Å². The Kier molecular flexibility index (Phi) is 2.87. The van der Waals surface area contributed by atoms with Crippen molar-refractivity contribution in [2.45, 2.75) is 19.9 Å². The van der Waals surface area contributed by atoms with Crippen LogP contribution in [0.1, 0.15) is 13.8 Å². The minimum Gasteiger partial charge on any atom is -0.461 e. The first-order valence-electron chi connectivity index (χ1n) is 4.18. The summed E-state index contributed by atoms with van der Waals surface area (Å²) in [6, 6.07) is 0.675. The molecular weight excluding hydrogens is 154 g/mol. The first-order valence-corrected chi connectivity index (χ1v) is 4.18. The van der Waals surface area contributed by atoms with Gasteiger partial charge in [0.2, 0.25) is 0 Å². The van der Waals surface area contributed by atoms with Crippen LogP contribution in [-0.2, 0) is 9.53 Å². The maximum atomic E-state index is 10.9. The van der Waals surface area contributed by atoms with Gasteiger partial charge in [-0.05, 0) is 13.8 Å². The van der Waals surface area contributed by atoms with Crippen LogP contribution >= 0.6 is 0 Å². The van der Waals surface area contributed by atoms with Crippen molar-refractivity contribution in [3.63, 3.8) is 0 Å². The van der Waals surface area contributed by atoms with Crippen LogP contribution in [0.3, 0.4) is 0 Å². The zero-order valence-corrected chi connectivity index (χ0v) is 7.67. The Morgan fingerprint density at radius 2 is 2.33 bits per heavy atom. The van der Waals surface area contributed by atoms with Crippen LogP contribution in [0.5, 0.6) is 0 Å². The Morgan fingerprint density at radius 3 is 2.75 bits per heavy atom. The second kappa shape index (κ2) is 3.72. The number of hydrogen-bond donors (Lipinski definition) is 0. The summed E-state index contributed by atoms with van der Waals surface area (Å²) in [4.78, 5) is 13.1. The summed E-state index contributed by atoms with van der Waals surface area (Å²) in [5, 5.41) is 0. The van der Waals surface area contributed by atoms with Gasteiger partial charge in [0.1, 0.15) is 6.61 Å². The molecule has 0 aromatic heterocycles. The Labute approximate surface area is 73.0 Å². The summed E-state index contributed by atoms with van der Waals surface area (Å²) in [6.45, 7) is 9.76. The number of esters is 1. The van der Waals surface area contributed by atoms with Crippen LogP contribution in [0.25, 0.3) is 0 Å². The summed E-state index contributed by atoms with van der Waals surface area (Å²) in [5.74, 6) is -0.287. The average molecular weight is 169 g/mol. The van der Waals surface area contributed by atoms with Crippen LogP contribution in [0.4, 0.5) is 0 Å². The monoisotopic (exact) mass is 169 g/mol. The smallest absolute Gasteiger partial charge is 0.333 e. The van der Waals surface area contributed by atoms with E-state index < -0.39 is 0 Å². The lowest BCUT2D eigenvalue weighted by molar-refractivity contribution is -0.139. The molecule has 0 aliphatic carbocycles. The fourth-order valence-corrected chi connectivity index (χ4v) is 0.983. The predicted molar refractivity (Wildman–Crippen MR) is 46.8 cm³/mol. The summed E-state index contributed by atoms with van der Waals surface area (Å²) >= 11 is 0. The third-order valence-electron chi connectivity index (χ3n) is 1.95. The van der Waals surface area contributed by atoms with Gasteiger partial charge >= 0.3 is 5.97 Å². The summed E-state index contributed by atoms with van der Waals surface area (Å²) in [6.07, 6.45) is 0. The van der Waals surface area contributed by atoms with Crippen LogP contribution in [0.15, 0.2) is 12.2 Å². The molecule has 0 amide bonds. The Balaban J connectivity index is 2.02. The molecule has 0 bridgehead atoms. The number of carbonyl (C=O) groups is 1. The second-order valence-electron chi connectivity index (χ2n) is 3.26. The van der Waals surface area contributed by atoms with E-state index in [2.05, 4.69) is 18.4 Å². The summed E-state index contributed by atoms with van der Waals surface area (Å²) in [5.41, 5.74) is 0.467. The molecule has 1 aliphatic heterocycles. The van der Waals surface area contributed by atoms with Crippen LogP contribution < -0.4 is 0 Å². The Morgan fingerprint density at radius 1 is 1.75 bits per heavy atom. The lowest BCUT2D eigenvalue weighted by atomic mass is 10.4. The van der Waals surface area contributed by atoms with E-state index in [1.165, 1.54) is 0 Å². The SMILES string of the molecule is C=C(C)C(=O)OCCN1CC1C. The van der Waals surface area contributed by atoms with Gasteiger partial charge < -0.3 is 4.74 Å². The van der Waals surface area contributed by atoms with E-state index in [0.29, 0.717) is 18.2 Å². The van der Waals surface area contributed by atoms with Crippen molar-refractivity contribution < 1.29 is 9.53 Å². The van der Waals surface area contributed by atoms with Crippen LogP contribution in [0, 0.1) is 0 Å². The third kappa shape index (κ3) is 2.66. The van der Waals surface area contributed by atoms with Crippen molar-refractivity contribution in [3.05, 3.63) is 12.2 Å². The average Bonchev–Trinajstić information content (AvgIpc) is 2.66. The molecule has 1 saturated heterocycles. The quantitative estimate of drug-likeness (QED) is 0.354. The molecule has 3 heteroatoms. The van der Waals surface area contributed by atoms with Crippen LogP contribution in [0.2, 0.25) is 0 Å². The van der Waals surface area contributed by atoms with Gasteiger partial charge in [0.25, 0.3) is 0 Å². The van der Waals surface area contributed by atoms with E-state index in [-0.39, 0.29) is 5.97 Å². The highest BCUT2D eigenvalue weighted by atomic mass is 16.5. The van der Waals surface area contributed by atoms with Crippen molar-refractivity contribution in [2.24, 2.45) is 0 Å². The fraction of sp³-hybridized carbons (Fsp3) is 0.667. The van der Waals surface area contributed by atoms with E-state index in [4.69, 9.17) is 4.74 Å². The third-order valence-corrected chi connectivity index (χ3v) is 1.95. The van der Waals surface area contributed by atoms with Crippen molar-refractivity contribution in [1.82, 2.24) is 4.90 Å². The van der Waals surface area contributed by atoms with Gasteiger partial charge in [-0.1, -0.05) is 6.58 Å². The number of ether oxygens (including phenoxy) is 1. The molecule has 0 aromatic rings. The first kappa shape index (κ1) is 9.26. The highest BCUT2D eigenvalue weighted by Gasteiger charge is 2.28. The van der Waals surface area contributed by atoms with E-state index >= 15 is 0 Å². The molecule has 1 aliphatic rings. The molecule has 0 aromatic carbocycles. The van der Waals surface area contributed by atoms with E-state index in [0.717, 1.165) is 13.1 Å². The molecule has 1 heterocycles. The maximum Gasteiger partial charge on any atom is 0.333 e. The molecule has 0 spiro atoms. The molecule has 0 saturated carbocycles. The predicted octanol–water partition coefficient (Wildman–Crippen LogP) is 0.810. The van der Waals surface area contributed by atoms with Gasteiger partial charge in [0.05, 0.1) is 0 Å². The van der Waals surface area contributed by atoms with E-state index in [1.54, 1.807) is 6.92 Å². The zero-order chi connectivity index (χ0) is 9.14. The molecule has 2 unspecified atom stereocenters. The van der Waals surface area contributed by atoms with E-state index in [1.807, 2.05) is 0 Å². The Hall–Kier alpha value is -0.830. The molecule has 3 nitrogen and oxygen atoms in total. The number of hydrogen-bond acceptors (Lipinski definition) is 3. The molecule has 0 radical (unpaired) electrons. The highest BCUT2D eigenvalue weighted by molar-refractivity contribution is 5.86. The molecule has 12 heavy (non-hydrogen) atoms. The first-order chi connectivity index (χ1) is 5.61. The molecule has 2 atom stereocenters. The van der Waals surface area contributed by atoms with Crippen molar-refractivity contribution in [2.75, 3.05) is 19.7 Å². The van der Waals surface area contributed by atoms with Crippen molar-refractivity contribution in [1.29, 1.82) is 0 Å². The van der Waals surface area contributed by atoms with Gasteiger partial charge in [0.15, 0.2) is 0 Å². The fourth-order valence-electron chi connectivity index (χ4n) is 0.983. The van der Waals surface area contributed by atoms with Crippen molar-refractivity contribution in [3.8, 4) is 0 Å². The number of nitrogens with zero attached hydrogens (tertiary/aromatic N) is 1. The van der Waals surface area contributed by atoms with Gasteiger partial charge in [-0.15, -0.1) is 0 Å². The van der Waals surface area contributed by atoms with Gasteiger partial charge in [-0.2, -0.15) is 0 Å². The van der Waals surface area contributed by atoms with Crippen molar-refractivity contribution >= 4 is 5.97 Å². The summed E-state index contributed by atoms with van der Waals surface area (Å²) in [7, 11) is 0. The molecule has 1 rings (SSSR count). The maximum absolute atomic E-state index is 10.9. The van der Waals surface area contributed by atoms with Gasteiger partial charge in [-0.25, -0.2) is 4.79 Å². The normalized spacial score (nSPS) is 26.5. The van der Waals surface area contributed by atoms with Gasteiger partial charge in [-0.3, -0.25) is 4.90 Å². The second-order valence-corrected chi connectivity index (χ2v) is 3.26. The molecule has 68 valence electrons. The number of rotatable bonds is 4. The standard InChI is InChI=1S/C9H15NO2/c1-7(2)9(11)12-5-4-10-6-8(10)3/h8H,1,4-6H2,2-3H3.